The highest BCUT2D eigenvalue weighted by Crippen LogP contribution is 2.37. The van der Waals surface area contributed by atoms with Crippen molar-refractivity contribution in [2.75, 3.05) is 13.3 Å². The third-order valence-corrected chi connectivity index (χ3v) is 5.75. The summed E-state index contributed by atoms with van der Waals surface area (Å²) in [6.07, 6.45) is 0.684. The Morgan fingerprint density at radius 3 is 2.58 bits per heavy atom. The molecule has 0 aromatic heterocycles. The Morgan fingerprint density at radius 1 is 1.16 bits per heavy atom. The van der Waals surface area contributed by atoms with Crippen LogP contribution in [-0.2, 0) is 15.1 Å². The van der Waals surface area contributed by atoms with Gasteiger partial charge in [-0.2, -0.15) is 0 Å². The Balaban J connectivity index is 1.47. The number of imide groups is 1. The van der Waals surface area contributed by atoms with Crippen LogP contribution in [-0.4, -0.2) is 36.1 Å². The lowest BCUT2D eigenvalue weighted by atomic mass is 9.91. The number of amides is 4. The van der Waals surface area contributed by atoms with Crippen LogP contribution in [0.5, 0.6) is 11.5 Å². The summed E-state index contributed by atoms with van der Waals surface area (Å²) in [5, 5.41) is 5.63. The normalized spacial score (nSPS) is 20.5. The standard InChI is InChI=1S/C23H25N3O5/c1-4-17(15-7-5-14(2)6-8-15)24-20(27)12-26-21(28)23(3,25-22(26)29)16-9-10-18-19(11-16)31-13-30-18/h5-11,17H,4,12-13H2,1-3H3,(H,24,27)(H,25,29)/t17-,23-/m0/s1. The monoisotopic (exact) mass is 423 g/mol. The SMILES string of the molecule is CC[C@H](NC(=O)CN1C(=O)N[C@@](C)(c2ccc3c(c2)OCO3)C1=O)c1ccc(C)cc1. The van der Waals surface area contributed by atoms with Gasteiger partial charge in [-0.15, -0.1) is 0 Å². The molecule has 2 aromatic rings. The molecule has 4 amide bonds. The molecule has 2 aliphatic heterocycles. The number of fused-ring (bicyclic) bond motifs is 1. The number of carbonyl (C=O) groups excluding carboxylic acids is 3. The van der Waals surface area contributed by atoms with Crippen LogP contribution in [0, 0.1) is 6.92 Å². The predicted octanol–water partition coefficient (Wildman–Crippen LogP) is 2.76. The molecule has 0 unspecified atom stereocenters. The van der Waals surface area contributed by atoms with Gasteiger partial charge in [0.1, 0.15) is 12.1 Å². The fraction of sp³-hybridized carbons (Fsp3) is 0.348. The van der Waals surface area contributed by atoms with Crippen molar-refractivity contribution >= 4 is 17.8 Å². The number of urea groups is 1. The Morgan fingerprint density at radius 2 is 1.87 bits per heavy atom. The number of nitrogens with one attached hydrogen (secondary N) is 2. The van der Waals surface area contributed by atoms with Gasteiger partial charge in [-0.05, 0) is 43.5 Å². The van der Waals surface area contributed by atoms with Crippen molar-refractivity contribution in [3.63, 3.8) is 0 Å². The van der Waals surface area contributed by atoms with Crippen LogP contribution in [0.4, 0.5) is 4.79 Å². The van der Waals surface area contributed by atoms with Gasteiger partial charge in [0.25, 0.3) is 5.91 Å². The molecule has 2 aromatic carbocycles. The van der Waals surface area contributed by atoms with E-state index in [9.17, 15) is 14.4 Å². The van der Waals surface area contributed by atoms with Gasteiger partial charge in [-0.3, -0.25) is 14.5 Å². The van der Waals surface area contributed by atoms with Crippen molar-refractivity contribution in [2.45, 2.75) is 38.8 Å². The van der Waals surface area contributed by atoms with Gasteiger partial charge >= 0.3 is 6.03 Å². The summed E-state index contributed by atoms with van der Waals surface area (Å²) >= 11 is 0. The molecule has 0 bridgehead atoms. The maximum absolute atomic E-state index is 13.1. The molecule has 0 radical (unpaired) electrons. The lowest BCUT2D eigenvalue weighted by Gasteiger charge is -2.23. The maximum Gasteiger partial charge on any atom is 0.325 e. The zero-order valence-corrected chi connectivity index (χ0v) is 17.7. The highest BCUT2D eigenvalue weighted by Gasteiger charge is 2.50. The van der Waals surface area contributed by atoms with E-state index in [-0.39, 0.29) is 19.4 Å². The van der Waals surface area contributed by atoms with Crippen LogP contribution in [0.1, 0.15) is 43.0 Å². The summed E-state index contributed by atoms with van der Waals surface area (Å²) in [5.74, 6) is 0.212. The van der Waals surface area contributed by atoms with Crippen LogP contribution in [0.15, 0.2) is 42.5 Å². The van der Waals surface area contributed by atoms with E-state index in [2.05, 4.69) is 10.6 Å². The average molecular weight is 423 g/mol. The van der Waals surface area contributed by atoms with E-state index in [0.717, 1.165) is 16.0 Å². The molecule has 8 nitrogen and oxygen atoms in total. The zero-order chi connectivity index (χ0) is 22.2. The first-order chi connectivity index (χ1) is 14.8. The molecule has 4 rings (SSSR count). The van der Waals surface area contributed by atoms with E-state index in [1.54, 1.807) is 25.1 Å². The number of aryl methyl sites for hydroxylation is 1. The van der Waals surface area contributed by atoms with Gasteiger partial charge in [0, 0.05) is 0 Å². The fourth-order valence-electron chi connectivity index (χ4n) is 3.85. The lowest BCUT2D eigenvalue weighted by molar-refractivity contribution is -0.135. The van der Waals surface area contributed by atoms with E-state index in [1.165, 1.54) is 0 Å². The van der Waals surface area contributed by atoms with E-state index < -0.39 is 23.4 Å². The predicted molar refractivity (Wildman–Crippen MR) is 113 cm³/mol. The second-order valence-corrected chi connectivity index (χ2v) is 7.95. The summed E-state index contributed by atoms with van der Waals surface area (Å²) in [6, 6.07) is 12.2. The number of hydrogen-bond acceptors (Lipinski definition) is 5. The third-order valence-electron chi connectivity index (χ3n) is 5.75. The molecule has 162 valence electrons. The maximum atomic E-state index is 13.1. The zero-order valence-electron chi connectivity index (χ0n) is 17.7. The van der Waals surface area contributed by atoms with Gasteiger partial charge in [0.15, 0.2) is 11.5 Å². The lowest BCUT2D eigenvalue weighted by Crippen LogP contribution is -2.43. The van der Waals surface area contributed by atoms with Gasteiger partial charge < -0.3 is 20.1 Å². The first-order valence-corrected chi connectivity index (χ1v) is 10.2. The van der Waals surface area contributed by atoms with Crippen LogP contribution >= 0.6 is 0 Å². The Hall–Kier alpha value is -3.55. The number of ether oxygens (including phenoxy) is 2. The molecular weight excluding hydrogens is 398 g/mol. The second-order valence-electron chi connectivity index (χ2n) is 7.95. The first-order valence-electron chi connectivity index (χ1n) is 10.2. The summed E-state index contributed by atoms with van der Waals surface area (Å²) in [5.41, 5.74) is 1.37. The number of rotatable bonds is 6. The fourth-order valence-corrected chi connectivity index (χ4v) is 3.85. The highest BCUT2D eigenvalue weighted by molar-refractivity contribution is 6.09. The third kappa shape index (κ3) is 3.81. The van der Waals surface area contributed by atoms with E-state index in [1.807, 2.05) is 38.1 Å². The van der Waals surface area contributed by atoms with Gasteiger partial charge in [0.2, 0.25) is 12.7 Å². The van der Waals surface area contributed by atoms with Crippen molar-refractivity contribution in [1.82, 2.24) is 15.5 Å². The number of carbonyl (C=O) groups is 3. The topological polar surface area (TPSA) is 97.0 Å². The molecular formula is C23H25N3O5. The number of benzene rings is 2. The van der Waals surface area contributed by atoms with E-state index in [0.29, 0.717) is 23.5 Å². The minimum Gasteiger partial charge on any atom is -0.454 e. The minimum absolute atomic E-state index is 0.113. The Labute approximate surface area is 180 Å². The molecule has 2 atom stereocenters. The molecule has 2 aliphatic rings. The molecule has 0 spiro atoms. The summed E-state index contributed by atoms with van der Waals surface area (Å²) in [6.45, 7) is 5.34. The van der Waals surface area contributed by atoms with Crippen molar-refractivity contribution < 1.29 is 23.9 Å². The summed E-state index contributed by atoms with van der Waals surface area (Å²) in [4.78, 5) is 39.3. The van der Waals surface area contributed by atoms with E-state index >= 15 is 0 Å². The molecule has 2 N–H and O–H groups in total. The number of hydrogen-bond donors (Lipinski definition) is 2. The van der Waals surface area contributed by atoms with Crippen molar-refractivity contribution in [3.05, 3.63) is 59.2 Å². The average Bonchev–Trinajstić information content (AvgIpc) is 3.31. The van der Waals surface area contributed by atoms with Crippen molar-refractivity contribution in [2.24, 2.45) is 0 Å². The van der Waals surface area contributed by atoms with Gasteiger partial charge in [-0.25, -0.2) is 4.79 Å². The Kier molecular flexibility index (Phi) is 5.31. The van der Waals surface area contributed by atoms with Crippen LogP contribution < -0.4 is 20.1 Å². The number of nitrogens with zero attached hydrogens (tertiary/aromatic N) is 1. The summed E-state index contributed by atoms with van der Waals surface area (Å²) in [7, 11) is 0. The molecule has 8 heteroatoms. The van der Waals surface area contributed by atoms with Crippen molar-refractivity contribution in [3.8, 4) is 11.5 Å². The largest absolute Gasteiger partial charge is 0.454 e. The van der Waals surface area contributed by atoms with Crippen LogP contribution in [0.2, 0.25) is 0 Å². The molecule has 1 fully saturated rings. The molecule has 0 saturated carbocycles. The minimum atomic E-state index is -1.29. The van der Waals surface area contributed by atoms with Crippen molar-refractivity contribution in [1.29, 1.82) is 0 Å². The van der Waals surface area contributed by atoms with E-state index in [4.69, 9.17) is 9.47 Å². The first kappa shape index (κ1) is 20.7. The van der Waals surface area contributed by atoms with Crippen LogP contribution in [0.25, 0.3) is 0 Å². The molecule has 2 heterocycles. The highest BCUT2D eigenvalue weighted by atomic mass is 16.7. The summed E-state index contributed by atoms with van der Waals surface area (Å²) < 4.78 is 10.7. The Bertz CT molecular complexity index is 1040. The molecule has 31 heavy (non-hydrogen) atoms. The molecule has 1 saturated heterocycles. The van der Waals surface area contributed by atoms with Gasteiger partial charge in [0.05, 0.1) is 6.04 Å². The van der Waals surface area contributed by atoms with Crippen LogP contribution in [0.3, 0.4) is 0 Å². The molecule has 0 aliphatic carbocycles. The smallest absolute Gasteiger partial charge is 0.325 e. The second kappa shape index (κ2) is 7.94. The van der Waals surface area contributed by atoms with Gasteiger partial charge in [-0.1, -0.05) is 42.8 Å². The quantitative estimate of drug-likeness (QED) is 0.697.